The molecule has 6 nitrogen and oxygen atoms in total. The van der Waals surface area contributed by atoms with Crippen molar-refractivity contribution in [1.29, 1.82) is 0 Å². The van der Waals surface area contributed by atoms with Gasteiger partial charge in [0.15, 0.2) is 0 Å². The molecule has 1 amide bonds. The molecule has 1 aromatic heterocycles. The van der Waals surface area contributed by atoms with Gasteiger partial charge in [-0.1, -0.05) is 23.7 Å². The summed E-state index contributed by atoms with van der Waals surface area (Å²) in [7, 11) is 1.69. The standard InChI is InChI=1S/C11H12ClN5O/c1-7(8-3-5-9(12)6-4-8)17(2)11(18)10-13-15-16-14-10/h3-7H,1-2H3,(H,13,14,15,16). The average molecular weight is 266 g/mol. The van der Waals surface area contributed by atoms with Gasteiger partial charge in [-0.2, -0.15) is 5.21 Å². The third-order valence-corrected chi connectivity index (χ3v) is 3.04. The Morgan fingerprint density at radius 3 is 2.61 bits per heavy atom. The predicted octanol–water partition coefficient (Wildman–Crippen LogP) is 1.69. The van der Waals surface area contributed by atoms with Crippen LogP contribution < -0.4 is 0 Å². The van der Waals surface area contributed by atoms with E-state index in [1.165, 1.54) is 0 Å². The van der Waals surface area contributed by atoms with Crippen molar-refractivity contribution >= 4 is 17.5 Å². The van der Waals surface area contributed by atoms with Crippen molar-refractivity contribution in [1.82, 2.24) is 25.5 Å². The summed E-state index contributed by atoms with van der Waals surface area (Å²) in [6, 6.07) is 7.24. The molecule has 1 N–H and O–H groups in total. The largest absolute Gasteiger partial charge is 0.332 e. The number of amides is 1. The van der Waals surface area contributed by atoms with Crippen molar-refractivity contribution in [2.45, 2.75) is 13.0 Å². The van der Waals surface area contributed by atoms with E-state index < -0.39 is 0 Å². The van der Waals surface area contributed by atoms with Crippen molar-refractivity contribution in [3.63, 3.8) is 0 Å². The molecule has 0 aliphatic heterocycles. The van der Waals surface area contributed by atoms with E-state index >= 15 is 0 Å². The molecule has 0 aliphatic carbocycles. The number of carbonyl (C=O) groups is 1. The minimum atomic E-state index is -0.286. The number of aromatic amines is 1. The Balaban J connectivity index is 2.16. The number of halogens is 1. The summed E-state index contributed by atoms with van der Waals surface area (Å²) >= 11 is 5.83. The molecule has 2 rings (SSSR count). The van der Waals surface area contributed by atoms with Gasteiger partial charge >= 0.3 is 0 Å². The Hall–Kier alpha value is -1.95. The molecule has 0 fully saturated rings. The zero-order valence-corrected chi connectivity index (χ0v) is 10.7. The monoisotopic (exact) mass is 265 g/mol. The summed E-state index contributed by atoms with van der Waals surface area (Å²) in [4.78, 5) is 13.6. The van der Waals surface area contributed by atoms with E-state index in [2.05, 4.69) is 20.6 Å². The molecule has 0 bridgehead atoms. The van der Waals surface area contributed by atoms with Gasteiger partial charge in [0.1, 0.15) is 0 Å². The Bertz CT molecular complexity index is 525. The van der Waals surface area contributed by atoms with E-state index in [-0.39, 0.29) is 17.8 Å². The van der Waals surface area contributed by atoms with E-state index in [1.807, 2.05) is 19.1 Å². The van der Waals surface area contributed by atoms with Crippen LogP contribution in [-0.4, -0.2) is 38.5 Å². The van der Waals surface area contributed by atoms with Gasteiger partial charge in [-0.15, -0.1) is 10.2 Å². The Morgan fingerprint density at radius 2 is 2.06 bits per heavy atom. The van der Waals surface area contributed by atoms with E-state index in [9.17, 15) is 4.79 Å². The van der Waals surface area contributed by atoms with Crippen LogP contribution in [0.3, 0.4) is 0 Å². The number of nitrogens with one attached hydrogen (secondary N) is 1. The first-order chi connectivity index (χ1) is 8.59. The molecule has 0 radical (unpaired) electrons. The zero-order chi connectivity index (χ0) is 13.1. The molecule has 1 atom stereocenters. The fourth-order valence-electron chi connectivity index (χ4n) is 1.55. The van der Waals surface area contributed by atoms with Crippen molar-refractivity contribution in [2.75, 3.05) is 7.05 Å². The van der Waals surface area contributed by atoms with E-state index in [4.69, 9.17) is 11.6 Å². The van der Waals surface area contributed by atoms with Crippen molar-refractivity contribution in [2.24, 2.45) is 0 Å². The van der Waals surface area contributed by atoms with E-state index in [0.29, 0.717) is 5.02 Å². The lowest BCUT2D eigenvalue weighted by Crippen LogP contribution is -2.30. The number of benzene rings is 1. The Labute approximate surface area is 109 Å². The van der Waals surface area contributed by atoms with Crippen LogP contribution in [0, 0.1) is 0 Å². The van der Waals surface area contributed by atoms with Crippen molar-refractivity contribution in [3.8, 4) is 0 Å². The highest BCUT2D eigenvalue weighted by Gasteiger charge is 2.21. The number of rotatable bonds is 3. The van der Waals surface area contributed by atoms with E-state index in [0.717, 1.165) is 5.56 Å². The number of H-pyrrole nitrogens is 1. The first-order valence-corrected chi connectivity index (χ1v) is 5.73. The van der Waals surface area contributed by atoms with Gasteiger partial charge in [0.25, 0.3) is 11.7 Å². The number of aromatic nitrogens is 4. The zero-order valence-electron chi connectivity index (χ0n) is 9.96. The molecule has 1 heterocycles. The summed E-state index contributed by atoms with van der Waals surface area (Å²) in [6.07, 6.45) is 0. The number of hydrogen-bond acceptors (Lipinski definition) is 4. The second kappa shape index (κ2) is 5.14. The van der Waals surface area contributed by atoms with E-state index in [1.54, 1.807) is 24.1 Å². The van der Waals surface area contributed by atoms with Crippen LogP contribution >= 0.6 is 11.6 Å². The maximum atomic E-state index is 12.0. The van der Waals surface area contributed by atoms with Gasteiger partial charge in [-0.25, -0.2) is 0 Å². The van der Waals surface area contributed by atoms with Crippen LogP contribution in [0.1, 0.15) is 29.1 Å². The van der Waals surface area contributed by atoms with Crippen LogP contribution in [0.2, 0.25) is 5.02 Å². The van der Waals surface area contributed by atoms with Crippen LogP contribution in [0.5, 0.6) is 0 Å². The molecule has 0 aliphatic rings. The maximum Gasteiger partial charge on any atom is 0.295 e. The van der Waals surface area contributed by atoms with Gasteiger partial charge in [0.2, 0.25) is 0 Å². The number of carbonyl (C=O) groups excluding carboxylic acids is 1. The molecule has 0 spiro atoms. The molecular weight excluding hydrogens is 254 g/mol. The average Bonchev–Trinajstić information content (AvgIpc) is 2.91. The third-order valence-electron chi connectivity index (χ3n) is 2.79. The summed E-state index contributed by atoms with van der Waals surface area (Å²) in [5, 5.41) is 13.6. The van der Waals surface area contributed by atoms with Crippen molar-refractivity contribution in [3.05, 3.63) is 40.7 Å². The summed E-state index contributed by atoms with van der Waals surface area (Å²) in [5.41, 5.74) is 0.985. The quantitative estimate of drug-likeness (QED) is 0.916. The first kappa shape index (κ1) is 12.5. The molecule has 0 saturated carbocycles. The lowest BCUT2D eigenvalue weighted by atomic mass is 10.1. The minimum Gasteiger partial charge on any atom is -0.332 e. The molecule has 94 valence electrons. The van der Waals surface area contributed by atoms with Crippen LogP contribution in [-0.2, 0) is 0 Å². The first-order valence-electron chi connectivity index (χ1n) is 5.35. The second-order valence-electron chi connectivity index (χ2n) is 3.88. The molecule has 2 aromatic rings. The highest BCUT2D eigenvalue weighted by molar-refractivity contribution is 6.30. The fraction of sp³-hybridized carbons (Fsp3) is 0.273. The summed E-state index contributed by atoms with van der Waals surface area (Å²) in [5.74, 6) is -0.232. The normalized spacial score (nSPS) is 12.2. The molecule has 18 heavy (non-hydrogen) atoms. The van der Waals surface area contributed by atoms with Crippen LogP contribution in [0.4, 0.5) is 0 Å². The van der Waals surface area contributed by atoms with Gasteiger partial charge < -0.3 is 4.90 Å². The van der Waals surface area contributed by atoms with Gasteiger partial charge in [0.05, 0.1) is 6.04 Å². The Kier molecular flexibility index (Phi) is 3.57. The summed E-state index contributed by atoms with van der Waals surface area (Å²) < 4.78 is 0. The van der Waals surface area contributed by atoms with Gasteiger partial charge in [-0.3, -0.25) is 4.79 Å². The fourth-order valence-corrected chi connectivity index (χ4v) is 1.68. The van der Waals surface area contributed by atoms with Gasteiger partial charge in [0, 0.05) is 12.1 Å². The molecule has 7 heteroatoms. The predicted molar refractivity (Wildman–Crippen MR) is 66.1 cm³/mol. The number of hydrogen-bond donors (Lipinski definition) is 1. The topological polar surface area (TPSA) is 74.8 Å². The van der Waals surface area contributed by atoms with Gasteiger partial charge in [-0.05, 0) is 29.8 Å². The highest BCUT2D eigenvalue weighted by atomic mass is 35.5. The smallest absolute Gasteiger partial charge is 0.295 e. The number of tetrazole rings is 1. The second-order valence-corrected chi connectivity index (χ2v) is 4.32. The van der Waals surface area contributed by atoms with Crippen LogP contribution in [0.25, 0.3) is 0 Å². The lowest BCUT2D eigenvalue weighted by Gasteiger charge is -2.24. The maximum absolute atomic E-state index is 12.0. The number of nitrogens with zero attached hydrogens (tertiary/aromatic N) is 4. The third kappa shape index (κ3) is 2.48. The molecule has 1 unspecified atom stereocenters. The SMILES string of the molecule is CC(c1ccc(Cl)cc1)N(C)C(=O)c1nn[nH]n1. The Morgan fingerprint density at radius 1 is 1.39 bits per heavy atom. The highest BCUT2D eigenvalue weighted by Crippen LogP contribution is 2.21. The molecular formula is C11H12ClN5O. The molecule has 1 aromatic carbocycles. The minimum absolute atomic E-state index is 0.0540. The lowest BCUT2D eigenvalue weighted by molar-refractivity contribution is 0.0730. The van der Waals surface area contributed by atoms with Crippen LogP contribution in [0.15, 0.2) is 24.3 Å². The molecule has 0 saturated heterocycles. The van der Waals surface area contributed by atoms with Crippen molar-refractivity contribution < 1.29 is 4.79 Å². The summed E-state index contributed by atoms with van der Waals surface area (Å²) in [6.45, 7) is 1.92.